The van der Waals surface area contributed by atoms with Gasteiger partial charge in [0.2, 0.25) is 5.78 Å². The van der Waals surface area contributed by atoms with E-state index in [0.29, 0.717) is 19.3 Å². The third-order valence-corrected chi connectivity index (χ3v) is 10.9. The minimum Gasteiger partial charge on any atom is -0.508 e. The van der Waals surface area contributed by atoms with Crippen LogP contribution in [0.2, 0.25) is 0 Å². The number of nitrogens with one attached hydrogen (secondary N) is 1. The molecule has 1 unspecified atom stereocenters. The van der Waals surface area contributed by atoms with Crippen molar-refractivity contribution >= 4 is 23.3 Å². The number of hydrogen-bond donors (Lipinski definition) is 3. The molecule has 2 heterocycles. The average molecular weight is 753 g/mol. The van der Waals surface area contributed by atoms with E-state index in [1.165, 1.54) is 4.90 Å². The summed E-state index contributed by atoms with van der Waals surface area (Å²) in [6.07, 6.45) is 4.11. The van der Waals surface area contributed by atoms with Crippen LogP contribution in [0.4, 0.5) is 14.9 Å². The first-order valence-corrected chi connectivity index (χ1v) is 19.0. The van der Waals surface area contributed by atoms with E-state index >= 15 is 4.39 Å². The van der Waals surface area contributed by atoms with Crippen molar-refractivity contribution in [2.75, 3.05) is 45.3 Å². The van der Waals surface area contributed by atoms with Gasteiger partial charge in [-0.1, -0.05) is 32.8 Å². The molecule has 294 valence electrons. The predicted molar refractivity (Wildman–Crippen MR) is 198 cm³/mol. The quantitative estimate of drug-likeness (QED) is 0.159. The Kier molecular flexibility index (Phi) is 11.0. The Morgan fingerprint density at radius 3 is 2.48 bits per heavy atom. The van der Waals surface area contributed by atoms with Crippen molar-refractivity contribution in [3.8, 4) is 11.6 Å². The van der Waals surface area contributed by atoms with E-state index in [-0.39, 0.29) is 90.0 Å². The summed E-state index contributed by atoms with van der Waals surface area (Å²) >= 11 is 0. The summed E-state index contributed by atoms with van der Waals surface area (Å²) in [5.74, 6) is -4.93. The first-order chi connectivity index (χ1) is 25.6. The molecule has 4 aliphatic rings. The summed E-state index contributed by atoms with van der Waals surface area (Å²) in [5, 5.41) is 31.9. The molecule has 54 heavy (non-hydrogen) atoms. The number of hydrogen-bond acceptors (Lipinski definition) is 12. The van der Waals surface area contributed by atoms with E-state index in [9.17, 15) is 24.6 Å². The molecule has 0 fully saturated rings. The Morgan fingerprint density at radius 1 is 1.17 bits per heavy atom. The second kappa shape index (κ2) is 15.1. The molecule has 1 amide bonds. The zero-order valence-electron chi connectivity index (χ0n) is 32.3. The fraction of sp³-hybridized carbons (Fsp3) is 0.600. The van der Waals surface area contributed by atoms with Crippen molar-refractivity contribution in [1.82, 2.24) is 15.4 Å². The number of carbonyl (C=O) groups excluding carboxylic acids is 3. The van der Waals surface area contributed by atoms with E-state index in [1.54, 1.807) is 26.8 Å². The Hall–Kier alpha value is -4.27. The summed E-state index contributed by atoms with van der Waals surface area (Å²) in [7, 11) is 3.66. The highest BCUT2D eigenvalue weighted by Crippen LogP contribution is 2.57. The zero-order chi connectivity index (χ0) is 39.3. The highest BCUT2D eigenvalue weighted by atomic mass is 19.1. The Morgan fingerprint density at radius 2 is 1.85 bits per heavy atom. The lowest BCUT2D eigenvalue weighted by atomic mass is 9.58. The van der Waals surface area contributed by atoms with Gasteiger partial charge in [-0.3, -0.25) is 14.5 Å². The Balaban J connectivity index is 1.56. The maximum absolute atomic E-state index is 17.4. The van der Waals surface area contributed by atoms with Crippen LogP contribution < -0.4 is 19.7 Å². The normalized spacial score (nSPS) is 24.7. The monoisotopic (exact) mass is 752 g/mol. The molecule has 0 saturated heterocycles. The number of ketones is 2. The number of anilines is 1. The number of aromatic nitrogens is 1. The molecule has 3 N–H and O–H groups in total. The van der Waals surface area contributed by atoms with Crippen molar-refractivity contribution in [2.45, 2.75) is 103 Å². The summed E-state index contributed by atoms with van der Waals surface area (Å²) < 4.78 is 41.0. The van der Waals surface area contributed by atoms with E-state index in [1.807, 2.05) is 32.8 Å². The minimum atomic E-state index is -2.58. The number of rotatable bonds is 12. The van der Waals surface area contributed by atoms with Crippen LogP contribution in [0.15, 0.2) is 28.5 Å². The van der Waals surface area contributed by atoms with Gasteiger partial charge < -0.3 is 39.2 Å². The van der Waals surface area contributed by atoms with Crippen LogP contribution in [0.3, 0.4) is 0 Å². The van der Waals surface area contributed by atoms with Crippen LogP contribution in [0.25, 0.3) is 0 Å². The van der Waals surface area contributed by atoms with Crippen molar-refractivity contribution in [3.05, 3.63) is 57.8 Å². The van der Waals surface area contributed by atoms with Crippen molar-refractivity contribution in [2.24, 2.45) is 11.8 Å². The first kappa shape index (κ1) is 39.4. The summed E-state index contributed by atoms with van der Waals surface area (Å²) in [6, 6.07) is -1.31. The molecule has 0 spiro atoms. The number of allylic oxidation sites excluding steroid dienone is 1. The number of unbranched alkanes of at least 4 members (excludes halogenated alkanes) is 2. The molecule has 2 aromatic rings. The number of benzene rings is 1. The largest absolute Gasteiger partial charge is 0.508 e. The SMILES string of the molecule is C=CCN[C@@H]1c2onc(OCCCC)c2C(=O)[C@@]2(O)C(O)=C3C(=O)c4c(c(F)c5c(c4OCCCC)N(C(=O)OC(C)(C)C)CCC5N(C)C)C[C@H]3C[C@@H]12. The standard InChI is InChI=1S/C40H53FN4O9/c1-9-12-17-51-34-26-22(29(41)27-24(44(7)8)14-16-45(31(27)34)38(49)53-39(4,5)6)19-21-20-23-30(42-15-11-3)33-28(37(43-54-33)52-18-13-10-2)36(48)40(23,50)35(47)25(21)32(26)46/h11,21,23-24,30,42,47,50H,3,9-10,12-20H2,1-2,4-8H3/t21-,23-,24?,30-,40-/m0/s1. The van der Waals surface area contributed by atoms with Crippen LogP contribution in [0.1, 0.15) is 123 Å². The molecule has 3 aliphatic carbocycles. The number of aliphatic hydroxyl groups is 2. The third kappa shape index (κ3) is 6.49. The second-order valence-electron chi connectivity index (χ2n) is 15.9. The number of Topliss-reactive ketones (excluding diaryl/α,β-unsaturated/α-hetero) is 2. The maximum atomic E-state index is 17.4. The second-order valence-corrected chi connectivity index (χ2v) is 15.9. The smallest absolute Gasteiger partial charge is 0.414 e. The van der Waals surface area contributed by atoms with Gasteiger partial charge in [0.15, 0.2) is 22.9 Å². The fourth-order valence-electron chi connectivity index (χ4n) is 8.36. The van der Waals surface area contributed by atoms with Gasteiger partial charge >= 0.3 is 6.09 Å². The van der Waals surface area contributed by atoms with Crippen LogP contribution >= 0.6 is 0 Å². The Bertz CT molecular complexity index is 1860. The zero-order valence-corrected chi connectivity index (χ0v) is 32.3. The van der Waals surface area contributed by atoms with E-state index in [4.69, 9.17) is 18.7 Å². The average Bonchev–Trinajstić information content (AvgIpc) is 3.53. The number of amides is 1. The van der Waals surface area contributed by atoms with Crippen LogP contribution in [0, 0.1) is 17.7 Å². The molecule has 0 saturated carbocycles. The summed E-state index contributed by atoms with van der Waals surface area (Å²) in [6.45, 7) is 13.8. The molecular weight excluding hydrogens is 699 g/mol. The number of halogens is 1. The molecular formula is C40H53FN4O9. The number of aliphatic hydroxyl groups excluding tert-OH is 1. The number of ether oxygens (including phenoxy) is 3. The van der Waals surface area contributed by atoms with Gasteiger partial charge in [0.05, 0.1) is 30.5 Å². The minimum absolute atomic E-state index is 0.0114. The molecule has 0 radical (unpaired) electrons. The molecule has 14 heteroatoms. The van der Waals surface area contributed by atoms with Crippen LogP contribution in [0.5, 0.6) is 11.6 Å². The molecule has 5 atom stereocenters. The topological polar surface area (TPSA) is 164 Å². The van der Waals surface area contributed by atoms with Crippen LogP contribution in [-0.2, 0) is 11.2 Å². The van der Waals surface area contributed by atoms with Crippen molar-refractivity contribution < 1.29 is 47.7 Å². The highest BCUT2D eigenvalue weighted by molar-refractivity contribution is 6.17. The lowest BCUT2D eigenvalue weighted by Crippen LogP contribution is -2.59. The van der Waals surface area contributed by atoms with E-state index in [2.05, 4.69) is 17.1 Å². The highest BCUT2D eigenvalue weighted by Gasteiger charge is 2.63. The molecule has 6 rings (SSSR count). The molecule has 1 aromatic heterocycles. The fourth-order valence-corrected chi connectivity index (χ4v) is 8.36. The molecule has 0 bridgehead atoms. The first-order valence-electron chi connectivity index (χ1n) is 19.0. The molecule has 1 aliphatic heterocycles. The van der Waals surface area contributed by atoms with Gasteiger partial charge in [-0.15, -0.1) is 6.58 Å². The lowest BCUT2D eigenvalue weighted by molar-refractivity contribution is -0.0401. The summed E-state index contributed by atoms with van der Waals surface area (Å²) in [4.78, 5) is 46.4. The van der Waals surface area contributed by atoms with Gasteiger partial charge in [-0.25, -0.2) is 9.18 Å². The van der Waals surface area contributed by atoms with Gasteiger partial charge in [0.1, 0.15) is 22.7 Å². The molecule has 13 nitrogen and oxygen atoms in total. The van der Waals surface area contributed by atoms with E-state index < -0.39 is 64.4 Å². The number of carbonyl (C=O) groups is 3. The predicted octanol–water partition coefficient (Wildman–Crippen LogP) is 6.55. The number of nitrogens with zero attached hydrogens (tertiary/aromatic N) is 3. The van der Waals surface area contributed by atoms with Crippen molar-refractivity contribution in [3.63, 3.8) is 0 Å². The number of fused-ring (bicyclic) bond motifs is 5. The maximum Gasteiger partial charge on any atom is 0.414 e. The van der Waals surface area contributed by atoms with Crippen LogP contribution in [-0.4, -0.2) is 89.5 Å². The van der Waals surface area contributed by atoms with Crippen molar-refractivity contribution in [1.29, 1.82) is 0 Å². The molecule has 1 aromatic carbocycles. The van der Waals surface area contributed by atoms with Gasteiger partial charge in [0.25, 0.3) is 5.88 Å². The third-order valence-electron chi connectivity index (χ3n) is 10.9. The van der Waals surface area contributed by atoms with Gasteiger partial charge in [0, 0.05) is 41.7 Å². The Labute approximate surface area is 315 Å². The summed E-state index contributed by atoms with van der Waals surface area (Å²) in [5.41, 5.74) is -3.48. The van der Waals surface area contributed by atoms with Gasteiger partial charge in [-0.05, 0) is 78.0 Å². The lowest BCUT2D eigenvalue weighted by Gasteiger charge is -2.48. The van der Waals surface area contributed by atoms with Gasteiger partial charge in [-0.2, -0.15) is 0 Å². The van der Waals surface area contributed by atoms with E-state index in [0.717, 1.165) is 12.8 Å².